The summed E-state index contributed by atoms with van der Waals surface area (Å²) in [6.07, 6.45) is 13.2. The van der Waals surface area contributed by atoms with Gasteiger partial charge < -0.3 is 14.6 Å². The molecule has 0 amide bonds. The highest BCUT2D eigenvalue weighted by Gasteiger charge is 2.16. The van der Waals surface area contributed by atoms with Gasteiger partial charge in [-0.25, -0.2) is 10.7 Å². The second kappa shape index (κ2) is 14.7. The third-order valence-electron chi connectivity index (χ3n) is 4.47. The van der Waals surface area contributed by atoms with E-state index in [-0.39, 0.29) is 6.61 Å². The van der Waals surface area contributed by atoms with Crippen LogP contribution in [-0.4, -0.2) is 50.1 Å². The first kappa shape index (κ1) is 23.4. The zero-order valence-corrected chi connectivity index (χ0v) is 16.4. The number of carbonyl (C=O) groups is 1. The van der Waals surface area contributed by atoms with Gasteiger partial charge in [0.05, 0.1) is 20.6 Å². The molecule has 0 fully saturated rings. The van der Waals surface area contributed by atoms with Gasteiger partial charge in [-0.2, -0.15) is 5.26 Å². The Morgan fingerprint density at radius 3 is 1.96 bits per heavy atom. The maximum atomic E-state index is 11.4. The maximum Gasteiger partial charge on any atom is 0.355 e. The molecule has 0 aromatic rings. The van der Waals surface area contributed by atoms with E-state index < -0.39 is 11.5 Å². The summed E-state index contributed by atoms with van der Waals surface area (Å²) in [5.74, 6) is 0.732. The molecule has 0 radical (unpaired) electrons. The molecule has 0 saturated carbocycles. The number of hydrogen-bond donors (Lipinski definition) is 0. The number of nitriles is 1. The minimum atomic E-state index is -0.816. The molecule has 25 heavy (non-hydrogen) atoms. The van der Waals surface area contributed by atoms with Crippen molar-refractivity contribution in [2.45, 2.75) is 71.1 Å². The molecule has 0 spiro atoms. The summed E-state index contributed by atoms with van der Waals surface area (Å²) in [4.78, 5) is 11.4. The number of likely N-dealkylation sites (N-methyl/N-ethyl adjacent to an activating group) is 1. The van der Waals surface area contributed by atoms with Crippen molar-refractivity contribution in [1.29, 1.82) is 5.26 Å². The molecular formula is C20H35N3O2. The second-order valence-electron chi connectivity index (χ2n) is 7.30. The van der Waals surface area contributed by atoms with Gasteiger partial charge >= 0.3 is 5.97 Å². The van der Waals surface area contributed by atoms with Gasteiger partial charge in [-0.1, -0.05) is 58.3 Å². The second-order valence-corrected chi connectivity index (χ2v) is 7.30. The number of quaternary nitrogens is 1. The molecule has 0 atom stereocenters. The normalized spacial score (nSPS) is 10.8. The number of unbranched alkanes of at least 4 members (excludes halogenated alkanes) is 9. The van der Waals surface area contributed by atoms with Crippen molar-refractivity contribution in [2.75, 3.05) is 33.8 Å². The number of nitrogens with zero attached hydrogens (tertiary/aromatic N) is 3. The number of carbonyl (C=O) groups excluding carboxylic acids is 1. The highest BCUT2D eigenvalue weighted by atomic mass is 16.5. The van der Waals surface area contributed by atoms with Crippen molar-refractivity contribution in [3.05, 3.63) is 11.0 Å². The molecule has 0 aliphatic carbocycles. The zero-order valence-electron chi connectivity index (χ0n) is 16.4. The van der Waals surface area contributed by atoms with Crippen LogP contribution in [0.25, 0.3) is 5.41 Å². The minimum absolute atomic E-state index is 0.233. The van der Waals surface area contributed by atoms with Gasteiger partial charge in [0.2, 0.25) is 0 Å². The van der Waals surface area contributed by atoms with Crippen LogP contribution >= 0.6 is 0 Å². The highest BCUT2D eigenvalue weighted by Crippen LogP contribution is 2.11. The molecule has 142 valence electrons. The lowest BCUT2D eigenvalue weighted by molar-refractivity contribution is -0.890. The van der Waals surface area contributed by atoms with Crippen LogP contribution in [0.1, 0.15) is 71.1 Å². The number of ether oxygens (including phenoxy) is 1. The predicted octanol–water partition coefficient (Wildman–Crippen LogP) is 4.22. The molecule has 0 saturated heterocycles. The summed E-state index contributed by atoms with van der Waals surface area (Å²) in [7, 11) is 4.22. The molecule has 0 unspecified atom stereocenters. The molecule has 0 aliphatic heterocycles. The van der Waals surface area contributed by atoms with Gasteiger partial charge in [-0.3, -0.25) is 0 Å². The summed E-state index contributed by atoms with van der Waals surface area (Å²) >= 11 is 0. The Morgan fingerprint density at radius 2 is 1.48 bits per heavy atom. The van der Waals surface area contributed by atoms with Gasteiger partial charge in [0.1, 0.15) is 19.2 Å². The SMILES string of the molecule is CCCCCCCCCCCC[N+](C)(C)CCOC(=O)C(=C=[N-])C#N. The molecule has 0 aromatic heterocycles. The fourth-order valence-corrected chi connectivity index (χ4v) is 2.71. The van der Waals surface area contributed by atoms with E-state index in [1.54, 1.807) is 11.9 Å². The number of hydrogen-bond acceptors (Lipinski definition) is 3. The van der Waals surface area contributed by atoms with Crippen LogP contribution < -0.4 is 0 Å². The lowest BCUT2D eigenvalue weighted by Crippen LogP contribution is -2.43. The fourth-order valence-electron chi connectivity index (χ4n) is 2.71. The summed E-state index contributed by atoms with van der Waals surface area (Å²) in [5.41, 5.74) is -0.486. The number of esters is 1. The lowest BCUT2D eigenvalue weighted by Gasteiger charge is -2.29. The van der Waals surface area contributed by atoms with E-state index in [0.29, 0.717) is 6.54 Å². The van der Waals surface area contributed by atoms with Crippen molar-refractivity contribution in [2.24, 2.45) is 0 Å². The monoisotopic (exact) mass is 349 g/mol. The Kier molecular flexibility index (Phi) is 13.7. The molecule has 0 aliphatic rings. The van der Waals surface area contributed by atoms with E-state index in [2.05, 4.69) is 21.0 Å². The van der Waals surface area contributed by atoms with Crippen LogP contribution in [0.4, 0.5) is 0 Å². The quantitative estimate of drug-likeness (QED) is 0.111. The van der Waals surface area contributed by atoms with Crippen LogP contribution in [0.3, 0.4) is 0 Å². The molecule has 0 heterocycles. The molecule has 0 N–H and O–H groups in total. The van der Waals surface area contributed by atoms with Crippen LogP contribution in [0.2, 0.25) is 0 Å². The smallest absolute Gasteiger partial charge is 0.355 e. The van der Waals surface area contributed by atoms with Crippen molar-refractivity contribution < 1.29 is 14.0 Å². The first-order valence-corrected chi connectivity index (χ1v) is 9.63. The largest absolute Gasteiger partial charge is 0.762 e. The van der Waals surface area contributed by atoms with Crippen molar-refractivity contribution in [3.8, 4) is 6.07 Å². The van der Waals surface area contributed by atoms with E-state index in [1.165, 1.54) is 64.2 Å². The topological polar surface area (TPSA) is 72.4 Å². The van der Waals surface area contributed by atoms with Crippen LogP contribution in [0.15, 0.2) is 5.57 Å². The summed E-state index contributed by atoms with van der Waals surface area (Å²) < 4.78 is 5.76. The van der Waals surface area contributed by atoms with Crippen molar-refractivity contribution in [1.82, 2.24) is 0 Å². The van der Waals surface area contributed by atoms with Gasteiger partial charge in [0.25, 0.3) is 0 Å². The van der Waals surface area contributed by atoms with Crippen LogP contribution in [-0.2, 0) is 9.53 Å². The van der Waals surface area contributed by atoms with E-state index in [9.17, 15) is 4.79 Å². The standard InChI is InChI=1S/C20H35N3O2/c1-4-5-6-7-8-9-10-11-12-13-14-23(2,3)15-16-25-20(24)19(17-21)18-22/h4-16H2,1-3H3. The lowest BCUT2D eigenvalue weighted by atomic mass is 10.1. The average molecular weight is 350 g/mol. The summed E-state index contributed by atoms with van der Waals surface area (Å²) in [6, 6.07) is 1.55. The first-order valence-electron chi connectivity index (χ1n) is 9.63. The van der Waals surface area contributed by atoms with E-state index in [1.807, 2.05) is 0 Å². The summed E-state index contributed by atoms with van der Waals surface area (Å²) in [5, 5.41) is 17.2. The Bertz CT molecular complexity index is 460. The summed E-state index contributed by atoms with van der Waals surface area (Å²) in [6.45, 7) is 4.21. The fraction of sp³-hybridized carbons (Fsp3) is 0.800. The van der Waals surface area contributed by atoms with Gasteiger partial charge in [0.15, 0.2) is 5.57 Å². The Labute approximate surface area is 153 Å². The third kappa shape index (κ3) is 13.3. The van der Waals surface area contributed by atoms with Gasteiger partial charge in [-0.05, 0) is 12.8 Å². The molecular weight excluding hydrogens is 314 g/mol. The van der Waals surface area contributed by atoms with Gasteiger partial charge in [-0.15, -0.1) is 0 Å². The maximum absolute atomic E-state index is 11.4. The highest BCUT2D eigenvalue weighted by molar-refractivity contribution is 6.02. The third-order valence-corrected chi connectivity index (χ3v) is 4.47. The zero-order chi connectivity index (χ0) is 19.0. The Balaban J connectivity index is 3.66. The van der Waals surface area contributed by atoms with Crippen molar-refractivity contribution >= 4 is 11.8 Å². The Morgan fingerprint density at radius 1 is 0.960 bits per heavy atom. The predicted molar refractivity (Wildman–Crippen MR) is 102 cm³/mol. The molecule has 0 aromatic carbocycles. The van der Waals surface area contributed by atoms with E-state index >= 15 is 0 Å². The van der Waals surface area contributed by atoms with Gasteiger partial charge in [0, 0.05) is 0 Å². The molecule has 5 nitrogen and oxygen atoms in total. The molecule has 0 bridgehead atoms. The molecule has 0 rings (SSSR count). The first-order chi connectivity index (χ1) is 12.0. The Hall–Kier alpha value is -1.63. The minimum Gasteiger partial charge on any atom is -0.762 e. The number of rotatable bonds is 15. The van der Waals surface area contributed by atoms with E-state index in [4.69, 9.17) is 15.4 Å². The average Bonchev–Trinajstić information content (AvgIpc) is 2.57. The van der Waals surface area contributed by atoms with E-state index in [0.717, 1.165) is 11.0 Å². The molecule has 5 heteroatoms. The van der Waals surface area contributed by atoms with Crippen molar-refractivity contribution in [3.63, 3.8) is 0 Å². The van der Waals surface area contributed by atoms with Crippen LogP contribution in [0.5, 0.6) is 0 Å². The van der Waals surface area contributed by atoms with Crippen LogP contribution in [0, 0.1) is 11.3 Å².